The Morgan fingerprint density at radius 2 is 1.62 bits per heavy atom. The normalized spacial score (nSPS) is 14.6. The van der Waals surface area contributed by atoms with Crippen LogP contribution in [0.15, 0.2) is 77.7 Å². The molecule has 2 aromatic rings. The molecule has 128 valence electrons. The molecule has 0 aliphatic heterocycles. The summed E-state index contributed by atoms with van der Waals surface area (Å²) in [6.07, 6.45) is 3.84. The predicted octanol–water partition coefficient (Wildman–Crippen LogP) is 4.08. The third kappa shape index (κ3) is 5.32. The molecule has 0 aromatic heterocycles. The van der Waals surface area contributed by atoms with E-state index < -0.39 is 10.1 Å². The molecule has 24 heavy (non-hydrogen) atoms. The van der Waals surface area contributed by atoms with E-state index in [1.165, 1.54) is 17.7 Å². The average molecular weight is 409 g/mol. The summed E-state index contributed by atoms with van der Waals surface area (Å²) in [5, 5.41) is 0. The van der Waals surface area contributed by atoms with E-state index in [0.29, 0.717) is 25.7 Å². The van der Waals surface area contributed by atoms with Crippen LogP contribution in [0.2, 0.25) is 5.82 Å². The fourth-order valence-corrected chi connectivity index (χ4v) is 5.33. The first-order chi connectivity index (χ1) is 11.5. The van der Waals surface area contributed by atoms with Crippen LogP contribution in [0, 0.1) is 5.92 Å². The molecule has 0 saturated heterocycles. The summed E-state index contributed by atoms with van der Waals surface area (Å²) in [5.74, 6) is 2.56. The van der Waals surface area contributed by atoms with Crippen molar-refractivity contribution >= 4 is 25.1 Å². The van der Waals surface area contributed by atoms with Crippen molar-refractivity contribution < 1.29 is 12.6 Å². The third-order valence-electron chi connectivity index (χ3n) is 3.65. The standard InChI is InChI=1S/C19H22O3SSe/c1-16(19(24-2)17-11-5-3-6-12-17)10-9-15-22-23(20,21)18-13-7-4-8-14-18/h3-14,16,19H,15H2,1-2H3/b10-9+. The van der Waals surface area contributed by atoms with Gasteiger partial charge >= 0.3 is 151 Å². The summed E-state index contributed by atoms with van der Waals surface area (Å²) in [4.78, 5) is 0.659. The first-order valence-corrected chi connectivity index (χ1v) is 11.8. The van der Waals surface area contributed by atoms with Gasteiger partial charge in [0.2, 0.25) is 0 Å². The fraction of sp³-hybridized carbons (Fsp3) is 0.263. The summed E-state index contributed by atoms with van der Waals surface area (Å²) >= 11 is 0.460. The van der Waals surface area contributed by atoms with Crippen LogP contribution in [0.25, 0.3) is 0 Å². The molecule has 0 spiro atoms. The first kappa shape index (κ1) is 18.9. The second kappa shape index (κ2) is 9.19. The maximum atomic E-state index is 12.0. The molecule has 0 radical (unpaired) electrons. The van der Waals surface area contributed by atoms with Crippen LogP contribution in [-0.4, -0.2) is 30.0 Å². The van der Waals surface area contributed by atoms with Crippen molar-refractivity contribution in [1.82, 2.24) is 0 Å². The fourth-order valence-electron chi connectivity index (χ4n) is 2.45. The molecule has 0 aliphatic carbocycles. The van der Waals surface area contributed by atoms with Gasteiger partial charge in [-0.2, -0.15) is 0 Å². The van der Waals surface area contributed by atoms with Crippen LogP contribution < -0.4 is 0 Å². The van der Waals surface area contributed by atoms with Gasteiger partial charge in [-0.1, -0.05) is 0 Å². The van der Waals surface area contributed by atoms with Gasteiger partial charge in [0.1, 0.15) is 0 Å². The third-order valence-corrected chi connectivity index (χ3v) is 7.48. The number of allylic oxidation sites excluding steroid dienone is 1. The number of hydrogen-bond donors (Lipinski definition) is 0. The molecule has 3 nitrogen and oxygen atoms in total. The monoisotopic (exact) mass is 410 g/mol. The second-order valence-corrected chi connectivity index (χ2v) is 9.08. The van der Waals surface area contributed by atoms with Crippen molar-refractivity contribution in [3.05, 3.63) is 78.4 Å². The van der Waals surface area contributed by atoms with Gasteiger partial charge in [0.05, 0.1) is 0 Å². The van der Waals surface area contributed by atoms with Gasteiger partial charge < -0.3 is 0 Å². The molecule has 2 unspecified atom stereocenters. The molecule has 0 N–H and O–H groups in total. The second-order valence-electron chi connectivity index (χ2n) is 5.41. The van der Waals surface area contributed by atoms with Gasteiger partial charge in [0.25, 0.3) is 0 Å². The minimum absolute atomic E-state index is 0.0553. The van der Waals surface area contributed by atoms with Gasteiger partial charge in [0, 0.05) is 0 Å². The Bertz CT molecular complexity index is 743. The van der Waals surface area contributed by atoms with Crippen LogP contribution in [-0.2, 0) is 14.3 Å². The molecule has 0 fully saturated rings. The Morgan fingerprint density at radius 3 is 2.21 bits per heavy atom. The van der Waals surface area contributed by atoms with Crippen LogP contribution in [0.1, 0.15) is 17.3 Å². The SMILES string of the molecule is C[Se]C(c1ccccc1)C(C)/C=C/COS(=O)(=O)c1ccccc1. The molecular weight excluding hydrogens is 387 g/mol. The summed E-state index contributed by atoms with van der Waals surface area (Å²) in [6, 6.07) is 18.6. The van der Waals surface area contributed by atoms with E-state index in [2.05, 4.69) is 37.0 Å². The molecule has 0 amide bonds. The topological polar surface area (TPSA) is 43.4 Å². The maximum absolute atomic E-state index is 12.0. The van der Waals surface area contributed by atoms with Crippen molar-refractivity contribution in [3.8, 4) is 0 Å². The molecular formula is C19H22O3SSe. The van der Waals surface area contributed by atoms with Crippen molar-refractivity contribution in [2.75, 3.05) is 6.61 Å². The summed E-state index contributed by atoms with van der Waals surface area (Å²) in [5.41, 5.74) is 1.33. The molecule has 2 rings (SSSR count). The summed E-state index contributed by atoms with van der Waals surface area (Å²) in [7, 11) is -3.68. The molecule has 0 heterocycles. The van der Waals surface area contributed by atoms with E-state index in [1.54, 1.807) is 24.3 Å². The molecule has 2 atom stereocenters. The van der Waals surface area contributed by atoms with Crippen molar-refractivity contribution in [1.29, 1.82) is 0 Å². The van der Waals surface area contributed by atoms with Gasteiger partial charge in [-0.25, -0.2) is 0 Å². The van der Waals surface area contributed by atoms with Crippen LogP contribution in [0.5, 0.6) is 0 Å². The number of rotatable bonds is 8. The Hall–Kier alpha value is -1.39. The van der Waals surface area contributed by atoms with E-state index >= 15 is 0 Å². The summed E-state index contributed by atoms with van der Waals surface area (Å²) < 4.78 is 29.1. The van der Waals surface area contributed by atoms with Gasteiger partial charge in [-0.05, 0) is 0 Å². The predicted molar refractivity (Wildman–Crippen MR) is 98.7 cm³/mol. The molecule has 2 aromatic carbocycles. The zero-order chi connectivity index (χ0) is 17.4. The van der Waals surface area contributed by atoms with Gasteiger partial charge in [-0.3, -0.25) is 0 Å². The number of hydrogen-bond acceptors (Lipinski definition) is 3. The van der Waals surface area contributed by atoms with Crippen molar-refractivity contribution in [3.63, 3.8) is 0 Å². The molecule has 0 bridgehead atoms. The van der Waals surface area contributed by atoms with E-state index in [4.69, 9.17) is 4.18 Å². The Balaban J connectivity index is 1.94. The van der Waals surface area contributed by atoms with Crippen LogP contribution >= 0.6 is 0 Å². The summed E-state index contributed by atoms with van der Waals surface area (Å²) in [6.45, 7) is 2.21. The first-order valence-electron chi connectivity index (χ1n) is 7.73. The van der Waals surface area contributed by atoms with E-state index in [1.807, 2.05) is 12.1 Å². The number of benzene rings is 2. The van der Waals surface area contributed by atoms with E-state index in [9.17, 15) is 8.42 Å². The van der Waals surface area contributed by atoms with Crippen molar-refractivity contribution in [2.24, 2.45) is 5.92 Å². The minimum atomic E-state index is -3.68. The van der Waals surface area contributed by atoms with Gasteiger partial charge in [0.15, 0.2) is 0 Å². The quantitative estimate of drug-likeness (QED) is 0.375. The molecule has 0 saturated carbocycles. The Kier molecular flexibility index (Phi) is 7.25. The molecule has 5 heteroatoms. The van der Waals surface area contributed by atoms with E-state index in [-0.39, 0.29) is 11.5 Å². The zero-order valence-corrected chi connectivity index (χ0v) is 16.4. The average Bonchev–Trinajstić information content (AvgIpc) is 2.61. The Morgan fingerprint density at radius 1 is 1.04 bits per heavy atom. The van der Waals surface area contributed by atoms with Gasteiger partial charge in [-0.15, -0.1) is 0 Å². The van der Waals surface area contributed by atoms with Crippen LogP contribution in [0.4, 0.5) is 0 Å². The van der Waals surface area contributed by atoms with Crippen molar-refractivity contribution in [2.45, 2.75) is 22.5 Å². The Labute approximate surface area is 151 Å². The molecule has 0 aliphatic rings. The van der Waals surface area contributed by atoms with Crippen LogP contribution in [0.3, 0.4) is 0 Å². The van der Waals surface area contributed by atoms with E-state index in [0.717, 1.165) is 0 Å². The zero-order valence-electron chi connectivity index (χ0n) is 13.8.